The molecule has 0 bridgehead atoms. The zero-order valence-electron chi connectivity index (χ0n) is 11.7. The first-order chi connectivity index (χ1) is 10.1. The van der Waals surface area contributed by atoms with Crippen molar-refractivity contribution in [3.05, 3.63) is 48.7 Å². The maximum Gasteiger partial charge on any atom is 0.258 e. The van der Waals surface area contributed by atoms with Crippen LogP contribution < -0.4 is 5.32 Å². The minimum absolute atomic E-state index is 0.225. The third-order valence-corrected chi connectivity index (χ3v) is 3.10. The summed E-state index contributed by atoms with van der Waals surface area (Å²) in [6.45, 7) is 0. The standard InChI is InChI=1S/C14H14N6O/c1-19-9-12(8-17-19)10-5-11(7-15-6-10)14(21)18-13-3-4-16-20(13)2/h3-9H,1-2H3,(H,18,21). The fourth-order valence-corrected chi connectivity index (χ4v) is 1.98. The molecule has 3 heterocycles. The van der Waals surface area contributed by atoms with Crippen molar-refractivity contribution in [2.24, 2.45) is 14.1 Å². The highest BCUT2D eigenvalue weighted by Gasteiger charge is 2.10. The normalized spacial score (nSPS) is 10.6. The number of pyridine rings is 1. The van der Waals surface area contributed by atoms with Crippen LogP contribution in [0.2, 0.25) is 0 Å². The number of hydrogen-bond acceptors (Lipinski definition) is 4. The average molecular weight is 282 g/mol. The lowest BCUT2D eigenvalue weighted by molar-refractivity contribution is 0.102. The number of carbonyl (C=O) groups excluding carboxylic acids is 1. The van der Waals surface area contributed by atoms with Gasteiger partial charge in [0.25, 0.3) is 5.91 Å². The topological polar surface area (TPSA) is 77.6 Å². The zero-order valence-corrected chi connectivity index (χ0v) is 11.7. The molecule has 0 fully saturated rings. The molecule has 0 radical (unpaired) electrons. The predicted octanol–water partition coefficient (Wildman–Crippen LogP) is 1.47. The molecule has 0 saturated heterocycles. The Morgan fingerprint density at radius 3 is 2.67 bits per heavy atom. The number of aryl methyl sites for hydroxylation is 2. The third-order valence-electron chi connectivity index (χ3n) is 3.10. The molecule has 3 aromatic heterocycles. The molecule has 7 nitrogen and oxygen atoms in total. The first kappa shape index (κ1) is 13.0. The highest BCUT2D eigenvalue weighted by Crippen LogP contribution is 2.18. The molecule has 1 N–H and O–H groups in total. The monoisotopic (exact) mass is 282 g/mol. The van der Waals surface area contributed by atoms with Gasteiger partial charge < -0.3 is 5.32 Å². The number of rotatable bonds is 3. The highest BCUT2D eigenvalue weighted by atomic mass is 16.1. The van der Waals surface area contributed by atoms with Crippen LogP contribution in [0.1, 0.15) is 10.4 Å². The molecule has 1 amide bonds. The summed E-state index contributed by atoms with van der Waals surface area (Å²) in [7, 11) is 3.61. The molecule has 0 aliphatic rings. The van der Waals surface area contributed by atoms with E-state index in [1.165, 1.54) is 6.20 Å². The Morgan fingerprint density at radius 2 is 2.00 bits per heavy atom. The second kappa shape index (κ2) is 5.20. The van der Waals surface area contributed by atoms with Gasteiger partial charge in [-0.25, -0.2) is 0 Å². The van der Waals surface area contributed by atoms with E-state index < -0.39 is 0 Å². The van der Waals surface area contributed by atoms with Crippen molar-refractivity contribution in [1.29, 1.82) is 0 Å². The van der Waals surface area contributed by atoms with Gasteiger partial charge in [0.2, 0.25) is 0 Å². The quantitative estimate of drug-likeness (QED) is 0.789. The number of carbonyl (C=O) groups is 1. The summed E-state index contributed by atoms with van der Waals surface area (Å²) in [5.41, 5.74) is 2.25. The van der Waals surface area contributed by atoms with E-state index in [1.807, 2.05) is 13.2 Å². The SMILES string of the molecule is Cn1cc(-c2cncc(C(=O)Nc3ccnn3C)c2)cn1. The molecule has 0 atom stereocenters. The maximum atomic E-state index is 12.2. The van der Waals surface area contributed by atoms with Gasteiger partial charge in [-0.3, -0.25) is 19.1 Å². The van der Waals surface area contributed by atoms with Crippen molar-refractivity contribution in [2.45, 2.75) is 0 Å². The van der Waals surface area contributed by atoms with Crippen molar-refractivity contribution < 1.29 is 4.79 Å². The minimum Gasteiger partial charge on any atom is -0.307 e. The van der Waals surface area contributed by atoms with Crippen molar-refractivity contribution in [3.8, 4) is 11.1 Å². The predicted molar refractivity (Wildman–Crippen MR) is 77.6 cm³/mol. The molecule has 0 spiro atoms. The van der Waals surface area contributed by atoms with Gasteiger partial charge in [-0.2, -0.15) is 10.2 Å². The van der Waals surface area contributed by atoms with Gasteiger partial charge in [-0.15, -0.1) is 0 Å². The number of nitrogens with zero attached hydrogens (tertiary/aromatic N) is 5. The molecular weight excluding hydrogens is 268 g/mol. The first-order valence-corrected chi connectivity index (χ1v) is 6.37. The van der Waals surface area contributed by atoms with E-state index in [0.29, 0.717) is 11.4 Å². The third kappa shape index (κ3) is 2.66. The van der Waals surface area contributed by atoms with Gasteiger partial charge in [0.1, 0.15) is 5.82 Å². The lowest BCUT2D eigenvalue weighted by Crippen LogP contribution is -2.14. The van der Waals surface area contributed by atoms with Gasteiger partial charge in [0.15, 0.2) is 0 Å². The van der Waals surface area contributed by atoms with E-state index in [2.05, 4.69) is 20.5 Å². The smallest absolute Gasteiger partial charge is 0.258 e. The van der Waals surface area contributed by atoms with Crippen molar-refractivity contribution in [3.63, 3.8) is 0 Å². The molecule has 0 aliphatic heterocycles. The zero-order chi connectivity index (χ0) is 14.8. The van der Waals surface area contributed by atoms with Crippen LogP contribution in [0.15, 0.2) is 43.1 Å². The van der Waals surface area contributed by atoms with Crippen molar-refractivity contribution >= 4 is 11.7 Å². The molecule has 7 heteroatoms. The lowest BCUT2D eigenvalue weighted by atomic mass is 10.1. The Morgan fingerprint density at radius 1 is 1.14 bits per heavy atom. The fraction of sp³-hybridized carbons (Fsp3) is 0.143. The largest absolute Gasteiger partial charge is 0.307 e. The van der Waals surface area contributed by atoms with Crippen LogP contribution in [0.25, 0.3) is 11.1 Å². The number of hydrogen-bond donors (Lipinski definition) is 1. The van der Waals surface area contributed by atoms with Gasteiger partial charge in [-0.05, 0) is 6.07 Å². The van der Waals surface area contributed by atoms with Crippen LogP contribution in [0.4, 0.5) is 5.82 Å². The number of nitrogens with one attached hydrogen (secondary N) is 1. The Balaban J connectivity index is 1.86. The summed E-state index contributed by atoms with van der Waals surface area (Å²) >= 11 is 0. The van der Waals surface area contributed by atoms with Crippen LogP contribution >= 0.6 is 0 Å². The van der Waals surface area contributed by atoms with E-state index in [9.17, 15) is 4.79 Å². The Kier molecular flexibility index (Phi) is 3.23. The maximum absolute atomic E-state index is 12.2. The summed E-state index contributed by atoms with van der Waals surface area (Å²) in [6.07, 6.45) is 8.48. The fourth-order valence-electron chi connectivity index (χ4n) is 1.98. The Hall–Kier alpha value is -2.96. The van der Waals surface area contributed by atoms with Gasteiger partial charge in [-0.1, -0.05) is 0 Å². The van der Waals surface area contributed by atoms with E-state index in [0.717, 1.165) is 11.1 Å². The molecule has 3 aromatic rings. The summed E-state index contributed by atoms with van der Waals surface area (Å²) in [5, 5.41) is 10.9. The second-order valence-electron chi connectivity index (χ2n) is 4.66. The van der Waals surface area contributed by atoms with Crippen LogP contribution in [0.5, 0.6) is 0 Å². The summed E-state index contributed by atoms with van der Waals surface area (Å²) in [5.74, 6) is 0.406. The van der Waals surface area contributed by atoms with E-state index >= 15 is 0 Å². The minimum atomic E-state index is -0.225. The molecule has 0 aromatic carbocycles. The Bertz CT molecular complexity index is 788. The van der Waals surface area contributed by atoms with Crippen molar-refractivity contribution in [1.82, 2.24) is 24.5 Å². The van der Waals surface area contributed by atoms with E-state index in [-0.39, 0.29) is 5.91 Å². The number of anilines is 1. The van der Waals surface area contributed by atoms with E-state index in [4.69, 9.17) is 0 Å². The van der Waals surface area contributed by atoms with E-state index in [1.54, 1.807) is 47.1 Å². The molecule has 0 saturated carbocycles. The number of aromatic nitrogens is 5. The molecular formula is C14H14N6O. The average Bonchev–Trinajstić information content (AvgIpc) is 3.08. The molecule has 21 heavy (non-hydrogen) atoms. The van der Waals surface area contributed by atoms with Gasteiger partial charge >= 0.3 is 0 Å². The van der Waals surface area contributed by atoms with Gasteiger partial charge in [0.05, 0.1) is 18.0 Å². The summed E-state index contributed by atoms with van der Waals surface area (Å²) < 4.78 is 3.30. The summed E-state index contributed by atoms with van der Waals surface area (Å²) in [6, 6.07) is 3.52. The molecule has 106 valence electrons. The first-order valence-electron chi connectivity index (χ1n) is 6.37. The van der Waals surface area contributed by atoms with Crippen LogP contribution in [0, 0.1) is 0 Å². The van der Waals surface area contributed by atoms with Crippen LogP contribution in [-0.2, 0) is 14.1 Å². The second-order valence-corrected chi connectivity index (χ2v) is 4.66. The number of amides is 1. The van der Waals surface area contributed by atoms with Crippen LogP contribution in [0.3, 0.4) is 0 Å². The molecule has 3 rings (SSSR count). The van der Waals surface area contributed by atoms with Gasteiger partial charge in [0, 0.05) is 49.9 Å². The van der Waals surface area contributed by atoms with Crippen LogP contribution in [-0.4, -0.2) is 30.5 Å². The highest BCUT2D eigenvalue weighted by molar-refractivity contribution is 6.04. The molecule has 0 aliphatic carbocycles. The summed E-state index contributed by atoms with van der Waals surface area (Å²) in [4.78, 5) is 16.4. The Labute approximate surface area is 121 Å². The molecule has 0 unspecified atom stereocenters. The van der Waals surface area contributed by atoms with Crippen molar-refractivity contribution in [2.75, 3.05) is 5.32 Å². The lowest BCUT2D eigenvalue weighted by Gasteiger charge is -2.06.